The molecule has 0 fully saturated rings. The highest BCUT2D eigenvalue weighted by molar-refractivity contribution is 5.69. The van der Waals surface area contributed by atoms with Crippen molar-refractivity contribution >= 4 is 12.3 Å². The Kier molecular flexibility index (Phi) is 7.02. The van der Waals surface area contributed by atoms with E-state index in [0.717, 1.165) is 6.29 Å². The first-order chi connectivity index (χ1) is 6.61. The fourth-order valence-corrected chi connectivity index (χ4v) is 1.22. The molecule has 0 aromatic carbocycles. The molecule has 0 bridgehead atoms. The fraction of sp³-hybridized carbons (Fsp3) is 0.800. The molecular formula is C10H18O4. The van der Waals surface area contributed by atoms with Crippen LogP contribution in [0, 0.1) is 11.8 Å². The molecule has 0 aliphatic carbocycles. The summed E-state index contributed by atoms with van der Waals surface area (Å²) in [6, 6.07) is 0. The highest BCUT2D eigenvalue weighted by atomic mass is 16.4. The lowest BCUT2D eigenvalue weighted by molar-refractivity contribution is -0.141. The predicted octanol–water partition coefficient (Wildman–Crippen LogP) is 1.07. The van der Waals surface area contributed by atoms with Gasteiger partial charge in [-0.25, -0.2) is 0 Å². The van der Waals surface area contributed by atoms with Gasteiger partial charge in [0.15, 0.2) is 0 Å². The van der Waals surface area contributed by atoms with Crippen LogP contribution in [0.1, 0.15) is 32.6 Å². The van der Waals surface area contributed by atoms with Gasteiger partial charge in [0.25, 0.3) is 0 Å². The number of hydrogen-bond acceptors (Lipinski definition) is 3. The monoisotopic (exact) mass is 202 g/mol. The first kappa shape index (κ1) is 13.1. The van der Waals surface area contributed by atoms with Crippen LogP contribution in [0.2, 0.25) is 0 Å². The van der Waals surface area contributed by atoms with Crippen molar-refractivity contribution < 1.29 is 19.8 Å². The lowest BCUT2D eigenvalue weighted by atomic mass is 9.94. The quantitative estimate of drug-likeness (QED) is 0.577. The molecule has 82 valence electrons. The van der Waals surface area contributed by atoms with E-state index in [1.54, 1.807) is 6.92 Å². The van der Waals surface area contributed by atoms with E-state index in [9.17, 15) is 9.59 Å². The zero-order valence-corrected chi connectivity index (χ0v) is 8.48. The third-order valence-corrected chi connectivity index (χ3v) is 2.32. The molecule has 0 aliphatic heterocycles. The van der Waals surface area contributed by atoms with E-state index >= 15 is 0 Å². The molecule has 4 nitrogen and oxygen atoms in total. The molecular weight excluding hydrogens is 184 g/mol. The van der Waals surface area contributed by atoms with Crippen LogP contribution in [0.15, 0.2) is 0 Å². The van der Waals surface area contributed by atoms with Crippen molar-refractivity contribution in [1.82, 2.24) is 0 Å². The van der Waals surface area contributed by atoms with Gasteiger partial charge in [0.2, 0.25) is 0 Å². The van der Waals surface area contributed by atoms with Gasteiger partial charge in [-0.1, -0.05) is 6.92 Å². The molecule has 0 radical (unpaired) electrons. The van der Waals surface area contributed by atoms with Crippen LogP contribution in [-0.2, 0) is 9.59 Å². The smallest absolute Gasteiger partial charge is 0.306 e. The lowest BCUT2D eigenvalue weighted by Crippen LogP contribution is -2.12. The largest absolute Gasteiger partial charge is 0.481 e. The van der Waals surface area contributed by atoms with Crippen molar-refractivity contribution in [3.8, 4) is 0 Å². The maximum atomic E-state index is 10.6. The topological polar surface area (TPSA) is 74.6 Å². The Morgan fingerprint density at radius 2 is 2.00 bits per heavy atom. The van der Waals surface area contributed by atoms with Crippen LogP contribution in [0.3, 0.4) is 0 Å². The zero-order valence-electron chi connectivity index (χ0n) is 8.48. The number of aliphatic carboxylic acids is 1. The Bertz CT molecular complexity index is 179. The Hall–Kier alpha value is -0.900. The van der Waals surface area contributed by atoms with Crippen LogP contribution in [0.25, 0.3) is 0 Å². The first-order valence-corrected chi connectivity index (χ1v) is 4.90. The normalized spacial score (nSPS) is 14.7. The SMILES string of the molecule is CC(CCC(C=O)CCCO)C(=O)O. The van der Waals surface area contributed by atoms with Crippen molar-refractivity contribution in [3.63, 3.8) is 0 Å². The molecule has 0 amide bonds. The Balaban J connectivity index is 3.71. The summed E-state index contributed by atoms with van der Waals surface area (Å²) in [4.78, 5) is 21.1. The lowest BCUT2D eigenvalue weighted by Gasteiger charge is -2.10. The second kappa shape index (κ2) is 7.50. The van der Waals surface area contributed by atoms with Gasteiger partial charge in [0.05, 0.1) is 5.92 Å². The molecule has 0 aromatic heterocycles. The summed E-state index contributed by atoms with van der Waals surface area (Å²) in [5, 5.41) is 17.2. The maximum absolute atomic E-state index is 10.6. The predicted molar refractivity (Wildman–Crippen MR) is 51.9 cm³/mol. The summed E-state index contributed by atoms with van der Waals surface area (Å²) in [7, 11) is 0. The minimum absolute atomic E-state index is 0.0822. The molecule has 0 heterocycles. The molecule has 14 heavy (non-hydrogen) atoms. The van der Waals surface area contributed by atoms with Gasteiger partial charge < -0.3 is 15.0 Å². The first-order valence-electron chi connectivity index (χ1n) is 4.90. The Morgan fingerprint density at radius 3 is 2.43 bits per heavy atom. The van der Waals surface area contributed by atoms with E-state index in [4.69, 9.17) is 10.2 Å². The van der Waals surface area contributed by atoms with Crippen molar-refractivity contribution in [2.45, 2.75) is 32.6 Å². The minimum atomic E-state index is -0.822. The molecule has 2 unspecified atom stereocenters. The van der Waals surface area contributed by atoms with E-state index in [1.165, 1.54) is 0 Å². The summed E-state index contributed by atoms with van der Waals surface area (Å²) in [5.41, 5.74) is 0. The molecule has 2 N–H and O–H groups in total. The molecule has 0 saturated heterocycles. The second-order valence-electron chi connectivity index (χ2n) is 3.58. The molecule has 0 aliphatic rings. The molecule has 0 aromatic rings. The van der Waals surface area contributed by atoms with E-state index in [2.05, 4.69) is 0 Å². The van der Waals surface area contributed by atoms with Gasteiger partial charge in [-0.2, -0.15) is 0 Å². The van der Waals surface area contributed by atoms with Crippen molar-refractivity contribution in [1.29, 1.82) is 0 Å². The number of aldehydes is 1. The summed E-state index contributed by atoms with van der Waals surface area (Å²) >= 11 is 0. The van der Waals surface area contributed by atoms with E-state index in [1.807, 2.05) is 0 Å². The van der Waals surface area contributed by atoms with E-state index in [-0.39, 0.29) is 12.5 Å². The number of aliphatic hydroxyl groups is 1. The van der Waals surface area contributed by atoms with Gasteiger partial charge in [0, 0.05) is 12.5 Å². The van der Waals surface area contributed by atoms with Crippen molar-refractivity contribution in [3.05, 3.63) is 0 Å². The summed E-state index contributed by atoms with van der Waals surface area (Å²) < 4.78 is 0. The van der Waals surface area contributed by atoms with Crippen LogP contribution >= 0.6 is 0 Å². The molecule has 4 heteroatoms. The number of carboxylic acid groups (broad SMARTS) is 1. The van der Waals surface area contributed by atoms with Crippen LogP contribution in [-0.4, -0.2) is 29.1 Å². The van der Waals surface area contributed by atoms with Crippen molar-refractivity contribution in [2.24, 2.45) is 11.8 Å². The third-order valence-electron chi connectivity index (χ3n) is 2.32. The molecule has 0 saturated carbocycles. The number of carboxylic acids is 1. The van der Waals surface area contributed by atoms with E-state index < -0.39 is 11.9 Å². The van der Waals surface area contributed by atoms with Gasteiger partial charge in [-0.05, 0) is 25.7 Å². The number of hydrogen-bond donors (Lipinski definition) is 2. The van der Waals surface area contributed by atoms with Crippen LogP contribution in [0.4, 0.5) is 0 Å². The number of carbonyl (C=O) groups is 2. The highest BCUT2D eigenvalue weighted by Gasteiger charge is 2.14. The number of rotatable bonds is 8. The second-order valence-corrected chi connectivity index (χ2v) is 3.58. The highest BCUT2D eigenvalue weighted by Crippen LogP contribution is 2.15. The fourth-order valence-electron chi connectivity index (χ4n) is 1.22. The summed E-state index contributed by atoms with van der Waals surface area (Å²) in [6.45, 7) is 1.72. The van der Waals surface area contributed by atoms with Gasteiger partial charge in [-0.15, -0.1) is 0 Å². The molecule has 2 atom stereocenters. The standard InChI is InChI=1S/C10H18O4/c1-8(10(13)14)4-5-9(7-12)3-2-6-11/h7-9,11H,2-6H2,1H3,(H,13,14). The van der Waals surface area contributed by atoms with Crippen molar-refractivity contribution in [2.75, 3.05) is 6.61 Å². The van der Waals surface area contributed by atoms with E-state index in [0.29, 0.717) is 25.7 Å². The average molecular weight is 202 g/mol. The summed E-state index contributed by atoms with van der Waals surface area (Å²) in [6.07, 6.45) is 3.21. The van der Waals surface area contributed by atoms with Gasteiger partial charge >= 0.3 is 5.97 Å². The molecule has 0 rings (SSSR count). The minimum Gasteiger partial charge on any atom is -0.481 e. The maximum Gasteiger partial charge on any atom is 0.306 e. The average Bonchev–Trinajstić information content (AvgIpc) is 2.17. The Morgan fingerprint density at radius 1 is 1.36 bits per heavy atom. The van der Waals surface area contributed by atoms with Gasteiger partial charge in [-0.3, -0.25) is 4.79 Å². The zero-order chi connectivity index (χ0) is 11.0. The number of carbonyl (C=O) groups excluding carboxylic acids is 1. The van der Waals surface area contributed by atoms with Gasteiger partial charge in [0.1, 0.15) is 6.29 Å². The Labute approximate surface area is 83.9 Å². The number of aliphatic hydroxyl groups excluding tert-OH is 1. The van der Waals surface area contributed by atoms with Crippen LogP contribution in [0.5, 0.6) is 0 Å². The molecule has 0 spiro atoms. The summed E-state index contributed by atoms with van der Waals surface area (Å²) in [5.74, 6) is -1.33. The van der Waals surface area contributed by atoms with Crippen LogP contribution < -0.4 is 0 Å². The third kappa shape index (κ3) is 5.70.